The quantitative estimate of drug-likeness (QED) is 0.792. The molecule has 1 atom stereocenters. The zero-order valence-electron chi connectivity index (χ0n) is 12.3. The Kier molecular flexibility index (Phi) is 6.08. The second-order valence-electron chi connectivity index (χ2n) is 4.90. The molecule has 0 spiro atoms. The highest BCUT2D eigenvalue weighted by atomic mass is 16.2. The first kappa shape index (κ1) is 15.8. The highest BCUT2D eigenvalue weighted by Gasteiger charge is 2.27. The Labute approximate surface area is 115 Å². The van der Waals surface area contributed by atoms with E-state index in [2.05, 4.69) is 0 Å². The summed E-state index contributed by atoms with van der Waals surface area (Å²) in [5.41, 5.74) is 5.51. The van der Waals surface area contributed by atoms with E-state index in [0.717, 1.165) is 13.1 Å². The van der Waals surface area contributed by atoms with Crippen molar-refractivity contribution >= 4 is 11.9 Å². The molecule has 0 aromatic carbocycles. The Hall–Kier alpha value is -1.30. The molecule has 110 valence electrons. The van der Waals surface area contributed by atoms with E-state index in [1.807, 2.05) is 30.6 Å². The van der Waals surface area contributed by atoms with Crippen LogP contribution >= 0.6 is 0 Å². The lowest BCUT2D eigenvalue weighted by Crippen LogP contribution is -2.55. The number of carbonyl (C=O) groups is 2. The second-order valence-corrected chi connectivity index (χ2v) is 4.90. The molecule has 1 heterocycles. The minimum Gasteiger partial charge on any atom is -0.339 e. The molecule has 19 heavy (non-hydrogen) atoms. The first-order valence-corrected chi connectivity index (χ1v) is 7.07. The molecule has 0 bridgehead atoms. The van der Waals surface area contributed by atoms with Gasteiger partial charge in [0.1, 0.15) is 0 Å². The number of nitrogens with two attached hydrogens (primary N) is 1. The summed E-state index contributed by atoms with van der Waals surface area (Å²) in [5, 5.41) is 0. The summed E-state index contributed by atoms with van der Waals surface area (Å²) in [7, 11) is 0. The Morgan fingerprint density at radius 3 is 2.00 bits per heavy atom. The number of nitrogens with zero attached hydrogens (tertiary/aromatic N) is 3. The van der Waals surface area contributed by atoms with Gasteiger partial charge in [-0.25, -0.2) is 4.79 Å². The zero-order chi connectivity index (χ0) is 14.4. The van der Waals surface area contributed by atoms with E-state index in [1.54, 1.807) is 4.90 Å². The number of hydrogen-bond acceptors (Lipinski definition) is 3. The van der Waals surface area contributed by atoms with Crippen molar-refractivity contribution in [2.45, 2.75) is 20.8 Å². The van der Waals surface area contributed by atoms with E-state index in [9.17, 15) is 9.59 Å². The molecule has 2 N–H and O–H groups in total. The maximum Gasteiger partial charge on any atom is 0.320 e. The summed E-state index contributed by atoms with van der Waals surface area (Å²) in [5.74, 6) is -0.0394. The summed E-state index contributed by atoms with van der Waals surface area (Å²) in [6, 6.07) is 0.0731. The summed E-state index contributed by atoms with van der Waals surface area (Å²) < 4.78 is 0. The molecular formula is C13H26N4O2. The zero-order valence-corrected chi connectivity index (χ0v) is 12.3. The molecule has 1 unspecified atom stereocenters. The molecule has 1 aliphatic rings. The number of piperazine rings is 1. The molecule has 0 aromatic rings. The molecule has 0 radical (unpaired) electrons. The predicted molar refractivity (Wildman–Crippen MR) is 74.7 cm³/mol. The lowest BCUT2D eigenvalue weighted by Gasteiger charge is -2.37. The molecule has 1 saturated heterocycles. The van der Waals surface area contributed by atoms with Crippen LogP contribution in [0.25, 0.3) is 0 Å². The van der Waals surface area contributed by atoms with Gasteiger partial charge in [-0.2, -0.15) is 0 Å². The van der Waals surface area contributed by atoms with Gasteiger partial charge < -0.3 is 20.4 Å². The van der Waals surface area contributed by atoms with Crippen LogP contribution in [0.2, 0.25) is 0 Å². The summed E-state index contributed by atoms with van der Waals surface area (Å²) in [6.45, 7) is 10.0. The van der Waals surface area contributed by atoms with Crippen LogP contribution in [0, 0.1) is 5.92 Å². The van der Waals surface area contributed by atoms with E-state index in [0.29, 0.717) is 32.7 Å². The van der Waals surface area contributed by atoms with Gasteiger partial charge in [0.05, 0.1) is 0 Å². The normalized spacial score (nSPS) is 17.3. The van der Waals surface area contributed by atoms with Gasteiger partial charge >= 0.3 is 6.03 Å². The van der Waals surface area contributed by atoms with Crippen molar-refractivity contribution in [3.63, 3.8) is 0 Å². The van der Waals surface area contributed by atoms with Crippen LogP contribution in [0.5, 0.6) is 0 Å². The fourth-order valence-corrected chi connectivity index (χ4v) is 2.22. The lowest BCUT2D eigenvalue weighted by molar-refractivity contribution is -0.136. The van der Waals surface area contributed by atoms with Gasteiger partial charge in [0.25, 0.3) is 0 Å². The molecule has 1 aliphatic heterocycles. The molecule has 1 rings (SSSR count). The number of rotatable bonds is 4. The van der Waals surface area contributed by atoms with Crippen LogP contribution in [0.15, 0.2) is 0 Å². The Morgan fingerprint density at radius 1 is 1.11 bits per heavy atom. The lowest BCUT2D eigenvalue weighted by atomic mass is 10.1. The maximum absolute atomic E-state index is 12.2. The van der Waals surface area contributed by atoms with E-state index >= 15 is 0 Å². The van der Waals surface area contributed by atoms with E-state index in [4.69, 9.17) is 5.73 Å². The average Bonchev–Trinajstić information content (AvgIpc) is 2.47. The van der Waals surface area contributed by atoms with Crippen molar-refractivity contribution in [3.05, 3.63) is 0 Å². The van der Waals surface area contributed by atoms with Crippen LogP contribution in [0.4, 0.5) is 4.79 Å². The minimum atomic E-state index is -0.134. The van der Waals surface area contributed by atoms with Crippen molar-refractivity contribution in [2.24, 2.45) is 11.7 Å². The first-order valence-electron chi connectivity index (χ1n) is 7.07. The van der Waals surface area contributed by atoms with Crippen LogP contribution < -0.4 is 5.73 Å². The van der Waals surface area contributed by atoms with Gasteiger partial charge in [-0.05, 0) is 13.8 Å². The van der Waals surface area contributed by atoms with Crippen LogP contribution in [-0.2, 0) is 4.79 Å². The number of carbonyl (C=O) groups excluding carboxylic acids is 2. The van der Waals surface area contributed by atoms with Crippen molar-refractivity contribution in [1.82, 2.24) is 14.7 Å². The Morgan fingerprint density at radius 2 is 1.58 bits per heavy atom. The highest BCUT2D eigenvalue weighted by molar-refractivity contribution is 5.79. The molecule has 0 saturated carbocycles. The van der Waals surface area contributed by atoms with Gasteiger partial charge in [-0.15, -0.1) is 0 Å². The summed E-state index contributed by atoms with van der Waals surface area (Å²) in [6.07, 6.45) is 0. The molecule has 6 nitrogen and oxygen atoms in total. The van der Waals surface area contributed by atoms with Gasteiger partial charge in [0.2, 0.25) is 5.91 Å². The van der Waals surface area contributed by atoms with Crippen molar-refractivity contribution in [1.29, 1.82) is 0 Å². The van der Waals surface area contributed by atoms with Crippen LogP contribution in [0.3, 0.4) is 0 Å². The topological polar surface area (TPSA) is 69.9 Å². The summed E-state index contributed by atoms with van der Waals surface area (Å²) >= 11 is 0. The van der Waals surface area contributed by atoms with Crippen molar-refractivity contribution in [3.8, 4) is 0 Å². The molecule has 1 fully saturated rings. The first-order chi connectivity index (χ1) is 9.04. The van der Waals surface area contributed by atoms with E-state index < -0.39 is 0 Å². The van der Waals surface area contributed by atoms with Crippen LogP contribution in [-0.4, -0.2) is 72.5 Å². The number of urea groups is 1. The fourth-order valence-electron chi connectivity index (χ4n) is 2.22. The third kappa shape index (κ3) is 3.83. The second kappa shape index (κ2) is 7.33. The fraction of sp³-hybridized carbons (Fsp3) is 0.846. The summed E-state index contributed by atoms with van der Waals surface area (Å²) in [4.78, 5) is 29.6. The van der Waals surface area contributed by atoms with Crippen molar-refractivity contribution < 1.29 is 9.59 Å². The van der Waals surface area contributed by atoms with Crippen LogP contribution in [0.1, 0.15) is 20.8 Å². The maximum atomic E-state index is 12.2. The molecule has 0 aliphatic carbocycles. The number of amides is 3. The average molecular weight is 270 g/mol. The van der Waals surface area contributed by atoms with Gasteiger partial charge in [0.15, 0.2) is 0 Å². The third-order valence-electron chi connectivity index (χ3n) is 3.67. The smallest absolute Gasteiger partial charge is 0.320 e. The largest absolute Gasteiger partial charge is 0.339 e. The number of hydrogen-bond donors (Lipinski definition) is 1. The molecule has 3 amide bonds. The Bertz CT molecular complexity index is 310. The van der Waals surface area contributed by atoms with Gasteiger partial charge in [0, 0.05) is 51.7 Å². The standard InChI is InChI=1S/C13H26N4O2/c1-4-15(5-2)13(19)17-8-6-16(7-9-17)12(18)11(3)10-14/h11H,4-10,14H2,1-3H3. The minimum absolute atomic E-state index is 0.0731. The third-order valence-corrected chi connectivity index (χ3v) is 3.67. The SMILES string of the molecule is CCN(CC)C(=O)N1CCN(C(=O)C(C)CN)CC1. The monoisotopic (exact) mass is 270 g/mol. The van der Waals surface area contributed by atoms with Gasteiger partial charge in [-0.1, -0.05) is 6.92 Å². The van der Waals surface area contributed by atoms with E-state index in [1.165, 1.54) is 0 Å². The Balaban J connectivity index is 2.49. The van der Waals surface area contributed by atoms with Gasteiger partial charge in [-0.3, -0.25) is 4.79 Å². The molecular weight excluding hydrogens is 244 g/mol. The molecule has 0 aromatic heterocycles. The van der Waals surface area contributed by atoms with Crippen molar-refractivity contribution in [2.75, 3.05) is 45.8 Å². The predicted octanol–water partition coefficient (Wildman–Crippen LogP) is 0.187. The van der Waals surface area contributed by atoms with E-state index in [-0.39, 0.29) is 17.9 Å². The molecule has 6 heteroatoms. The highest BCUT2D eigenvalue weighted by Crippen LogP contribution is 2.09.